The van der Waals surface area contributed by atoms with Gasteiger partial charge < -0.3 is 10.4 Å². The van der Waals surface area contributed by atoms with E-state index in [1.165, 1.54) is 6.07 Å². The first kappa shape index (κ1) is 14.4. The van der Waals surface area contributed by atoms with Gasteiger partial charge in [-0.15, -0.1) is 0 Å². The molecule has 0 aliphatic heterocycles. The Bertz CT molecular complexity index is 548. The topological polar surface area (TPSA) is 66.4 Å². The minimum absolute atomic E-state index is 0.164. The van der Waals surface area contributed by atoms with Crippen LogP contribution in [0, 0.1) is 5.41 Å². The van der Waals surface area contributed by atoms with E-state index in [2.05, 4.69) is 5.32 Å². The van der Waals surface area contributed by atoms with Crippen LogP contribution < -0.4 is 5.32 Å². The van der Waals surface area contributed by atoms with Gasteiger partial charge in [-0.3, -0.25) is 9.59 Å². The highest BCUT2D eigenvalue weighted by Gasteiger charge is 2.64. The first-order chi connectivity index (χ1) is 9.24. The van der Waals surface area contributed by atoms with Crippen molar-refractivity contribution in [2.75, 3.05) is 5.32 Å². The molecule has 0 atom stereocenters. The summed E-state index contributed by atoms with van der Waals surface area (Å²) in [6.45, 7) is 0.750. The van der Waals surface area contributed by atoms with E-state index in [4.69, 9.17) is 5.11 Å². The molecule has 1 saturated carbocycles. The number of hydrogen-bond donors (Lipinski definition) is 2. The molecule has 0 saturated heterocycles. The predicted octanol–water partition coefficient (Wildman–Crippen LogP) is 2.69. The minimum Gasteiger partial charge on any atom is -0.481 e. The lowest BCUT2D eigenvalue weighted by Gasteiger charge is -2.22. The number of nitrogens with one attached hydrogen (secondary N) is 1. The van der Waals surface area contributed by atoms with E-state index in [0.717, 1.165) is 6.92 Å². The van der Waals surface area contributed by atoms with E-state index in [0.29, 0.717) is 11.3 Å². The van der Waals surface area contributed by atoms with Gasteiger partial charge in [0.2, 0.25) is 5.91 Å². The molecule has 0 bridgehead atoms. The maximum absolute atomic E-state index is 13.4. The van der Waals surface area contributed by atoms with E-state index >= 15 is 0 Å². The number of halogens is 2. The monoisotopic (exact) mass is 283 g/mol. The lowest BCUT2D eigenvalue weighted by atomic mass is 9.98. The second-order valence-electron chi connectivity index (χ2n) is 5.20. The SMILES string of the molecule is CC(F)(F)C1(C(=O)Nc2cccc(CC(=O)O)c2)CC1. The summed E-state index contributed by atoms with van der Waals surface area (Å²) in [4.78, 5) is 22.6. The molecule has 0 aromatic heterocycles. The number of rotatable bonds is 5. The second-order valence-corrected chi connectivity index (χ2v) is 5.20. The Morgan fingerprint density at radius 3 is 2.55 bits per heavy atom. The van der Waals surface area contributed by atoms with Gasteiger partial charge in [0.1, 0.15) is 5.41 Å². The molecule has 1 aromatic carbocycles. The van der Waals surface area contributed by atoms with Crippen LogP contribution >= 0.6 is 0 Å². The van der Waals surface area contributed by atoms with Gasteiger partial charge in [0.25, 0.3) is 5.92 Å². The maximum atomic E-state index is 13.4. The molecular formula is C14H15F2NO3. The Kier molecular flexibility index (Phi) is 3.50. The van der Waals surface area contributed by atoms with Gasteiger partial charge in [-0.1, -0.05) is 12.1 Å². The average Bonchev–Trinajstić information content (AvgIpc) is 3.08. The summed E-state index contributed by atoms with van der Waals surface area (Å²) in [6, 6.07) is 6.21. The van der Waals surface area contributed by atoms with Crippen LogP contribution in [0.4, 0.5) is 14.5 Å². The summed E-state index contributed by atoms with van der Waals surface area (Å²) < 4.78 is 26.9. The number of carboxylic acid groups (broad SMARTS) is 1. The molecule has 0 unspecified atom stereocenters. The fraction of sp³-hybridized carbons (Fsp3) is 0.429. The summed E-state index contributed by atoms with van der Waals surface area (Å²) in [5, 5.41) is 11.2. The van der Waals surface area contributed by atoms with Gasteiger partial charge in [0.15, 0.2) is 0 Å². The third kappa shape index (κ3) is 2.79. The molecule has 108 valence electrons. The van der Waals surface area contributed by atoms with E-state index in [9.17, 15) is 18.4 Å². The Hall–Kier alpha value is -1.98. The Morgan fingerprint density at radius 2 is 2.05 bits per heavy atom. The number of aliphatic carboxylic acids is 1. The molecular weight excluding hydrogens is 268 g/mol. The number of benzene rings is 1. The third-order valence-corrected chi connectivity index (χ3v) is 3.57. The molecule has 1 aliphatic carbocycles. The zero-order chi connectivity index (χ0) is 15.0. The number of carbonyl (C=O) groups excluding carboxylic acids is 1. The molecule has 0 heterocycles. The van der Waals surface area contributed by atoms with Crippen LogP contribution in [-0.4, -0.2) is 22.9 Å². The normalized spacial score (nSPS) is 16.6. The molecule has 1 aliphatic rings. The van der Waals surface area contributed by atoms with E-state index in [1.54, 1.807) is 18.2 Å². The Morgan fingerprint density at radius 1 is 1.40 bits per heavy atom. The molecule has 4 nitrogen and oxygen atoms in total. The van der Waals surface area contributed by atoms with Crippen LogP contribution in [0.2, 0.25) is 0 Å². The van der Waals surface area contributed by atoms with Crippen LogP contribution in [-0.2, 0) is 16.0 Å². The molecule has 1 aromatic rings. The molecule has 1 amide bonds. The van der Waals surface area contributed by atoms with Gasteiger partial charge in [0.05, 0.1) is 6.42 Å². The van der Waals surface area contributed by atoms with Crippen LogP contribution in [0.15, 0.2) is 24.3 Å². The molecule has 2 rings (SSSR count). The quantitative estimate of drug-likeness (QED) is 0.873. The number of carbonyl (C=O) groups is 2. The van der Waals surface area contributed by atoms with Crippen LogP contribution in [0.3, 0.4) is 0 Å². The minimum atomic E-state index is -3.06. The van der Waals surface area contributed by atoms with Crippen LogP contribution in [0.1, 0.15) is 25.3 Å². The van der Waals surface area contributed by atoms with Gasteiger partial charge in [-0.2, -0.15) is 0 Å². The van der Waals surface area contributed by atoms with Crippen molar-refractivity contribution in [3.8, 4) is 0 Å². The van der Waals surface area contributed by atoms with E-state index in [1.807, 2.05) is 0 Å². The lowest BCUT2D eigenvalue weighted by molar-refractivity contribution is -0.137. The number of amides is 1. The predicted molar refractivity (Wildman–Crippen MR) is 68.7 cm³/mol. The summed E-state index contributed by atoms with van der Waals surface area (Å²) in [7, 11) is 0. The summed E-state index contributed by atoms with van der Waals surface area (Å²) >= 11 is 0. The van der Waals surface area contributed by atoms with Crippen molar-refractivity contribution in [3.05, 3.63) is 29.8 Å². The van der Waals surface area contributed by atoms with Crippen molar-refractivity contribution in [3.63, 3.8) is 0 Å². The van der Waals surface area contributed by atoms with Gasteiger partial charge >= 0.3 is 5.97 Å². The van der Waals surface area contributed by atoms with Crippen molar-refractivity contribution in [2.24, 2.45) is 5.41 Å². The van der Waals surface area contributed by atoms with Crippen molar-refractivity contribution >= 4 is 17.6 Å². The fourth-order valence-corrected chi connectivity index (χ4v) is 2.17. The van der Waals surface area contributed by atoms with Gasteiger partial charge in [-0.25, -0.2) is 8.78 Å². The summed E-state index contributed by atoms with van der Waals surface area (Å²) in [5.41, 5.74) is -0.775. The lowest BCUT2D eigenvalue weighted by Crippen LogP contribution is -2.37. The first-order valence-corrected chi connectivity index (χ1v) is 6.25. The Balaban J connectivity index is 2.11. The average molecular weight is 283 g/mol. The highest BCUT2D eigenvalue weighted by atomic mass is 19.3. The standard InChI is InChI=1S/C14H15F2NO3/c1-13(15,16)14(5-6-14)12(20)17-10-4-2-3-9(7-10)8-11(18)19/h2-4,7H,5-6,8H2,1H3,(H,17,20)(H,18,19). The van der Waals surface area contributed by atoms with Gasteiger partial charge in [-0.05, 0) is 30.5 Å². The van der Waals surface area contributed by atoms with Crippen molar-refractivity contribution in [2.45, 2.75) is 32.1 Å². The van der Waals surface area contributed by atoms with Crippen molar-refractivity contribution in [1.29, 1.82) is 0 Å². The number of hydrogen-bond acceptors (Lipinski definition) is 2. The highest BCUT2D eigenvalue weighted by molar-refractivity contribution is 5.98. The van der Waals surface area contributed by atoms with Crippen molar-refractivity contribution < 1.29 is 23.5 Å². The zero-order valence-electron chi connectivity index (χ0n) is 11.0. The van der Waals surface area contributed by atoms with Crippen molar-refractivity contribution in [1.82, 2.24) is 0 Å². The second kappa shape index (κ2) is 4.85. The number of anilines is 1. The highest BCUT2D eigenvalue weighted by Crippen LogP contribution is 2.57. The molecule has 0 radical (unpaired) electrons. The number of carboxylic acids is 1. The van der Waals surface area contributed by atoms with E-state index in [-0.39, 0.29) is 19.3 Å². The summed E-state index contributed by atoms with van der Waals surface area (Å²) in [5.74, 6) is -4.76. The van der Waals surface area contributed by atoms with Crippen LogP contribution in [0.5, 0.6) is 0 Å². The third-order valence-electron chi connectivity index (χ3n) is 3.57. The van der Waals surface area contributed by atoms with Gasteiger partial charge in [0, 0.05) is 12.6 Å². The number of alkyl halides is 2. The first-order valence-electron chi connectivity index (χ1n) is 6.25. The molecule has 20 heavy (non-hydrogen) atoms. The molecule has 0 spiro atoms. The molecule has 1 fully saturated rings. The Labute approximate surface area is 114 Å². The molecule has 2 N–H and O–H groups in total. The summed E-state index contributed by atoms with van der Waals surface area (Å²) in [6.07, 6.45) is 0.146. The largest absolute Gasteiger partial charge is 0.481 e. The maximum Gasteiger partial charge on any atom is 0.307 e. The van der Waals surface area contributed by atoms with E-state index < -0.39 is 23.2 Å². The fourth-order valence-electron chi connectivity index (χ4n) is 2.17. The molecule has 6 heteroatoms. The zero-order valence-corrected chi connectivity index (χ0v) is 11.0. The smallest absolute Gasteiger partial charge is 0.307 e. The van der Waals surface area contributed by atoms with Crippen LogP contribution in [0.25, 0.3) is 0 Å².